The summed E-state index contributed by atoms with van der Waals surface area (Å²) in [4.78, 5) is 0. The van der Waals surface area contributed by atoms with E-state index in [9.17, 15) is 17.6 Å². The van der Waals surface area contributed by atoms with Crippen molar-refractivity contribution in [2.75, 3.05) is 13.2 Å². The van der Waals surface area contributed by atoms with Crippen LogP contribution in [0.5, 0.6) is 11.5 Å². The predicted molar refractivity (Wildman–Crippen MR) is 78.1 cm³/mol. The molecule has 2 rings (SSSR count). The van der Waals surface area contributed by atoms with E-state index in [0.29, 0.717) is 5.56 Å². The van der Waals surface area contributed by atoms with Crippen LogP contribution in [0.25, 0.3) is 11.1 Å². The maximum atomic E-state index is 14.0. The first-order chi connectivity index (χ1) is 10.8. The van der Waals surface area contributed by atoms with Gasteiger partial charge >= 0.3 is 6.36 Å². The molecule has 8 heteroatoms. The average Bonchev–Trinajstić information content (AvgIpc) is 2.48. The second-order valence-corrected chi connectivity index (χ2v) is 4.86. The quantitative estimate of drug-likeness (QED) is 0.815. The molecule has 2 N–H and O–H groups in total. The highest BCUT2D eigenvalue weighted by Crippen LogP contribution is 2.37. The zero-order valence-corrected chi connectivity index (χ0v) is 12.4. The highest BCUT2D eigenvalue weighted by Gasteiger charge is 2.32. The molecule has 0 saturated carbocycles. The first-order valence-corrected chi connectivity index (χ1v) is 6.86. The molecule has 0 saturated heterocycles. The molecule has 0 aliphatic rings. The van der Waals surface area contributed by atoms with E-state index in [4.69, 9.17) is 22.1 Å². The Balaban J connectivity index is 2.45. The molecule has 0 bridgehead atoms. The van der Waals surface area contributed by atoms with Crippen LogP contribution in [-0.2, 0) is 0 Å². The zero-order chi connectivity index (χ0) is 17.0. The van der Waals surface area contributed by atoms with Crippen molar-refractivity contribution < 1.29 is 27.0 Å². The standard InChI is InChI=1S/C15H12ClF4NO2/c16-11-3-1-2-10(14(11)17)9-4-5-12(23-15(18,19)20)13(8-9)22-7-6-21/h1-5,8H,6-7,21H2. The first kappa shape index (κ1) is 17.4. The highest BCUT2D eigenvalue weighted by atomic mass is 35.5. The monoisotopic (exact) mass is 349 g/mol. The van der Waals surface area contributed by atoms with Crippen molar-refractivity contribution in [3.63, 3.8) is 0 Å². The number of nitrogens with two attached hydrogens (primary N) is 1. The largest absolute Gasteiger partial charge is 0.573 e. The van der Waals surface area contributed by atoms with Gasteiger partial charge in [0.05, 0.1) is 5.02 Å². The van der Waals surface area contributed by atoms with Crippen molar-refractivity contribution in [3.8, 4) is 22.6 Å². The molecule has 0 aromatic heterocycles. The Hall–Kier alpha value is -1.99. The smallest absolute Gasteiger partial charge is 0.488 e. The van der Waals surface area contributed by atoms with Crippen LogP contribution in [0.15, 0.2) is 36.4 Å². The predicted octanol–water partition coefficient (Wildman–Crippen LogP) is 4.38. The van der Waals surface area contributed by atoms with Gasteiger partial charge in [0.15, 0.2) is 11.5 Å². The molecule has 2 aromatic carbocycles. The lowest BCUT2D eigenvalue weighted by Gasteiger charge is -2.15. The van der Waals surface area contributed by atoms with Crippen molar-refractivity contribution in [1.29, 1.82) is 0 Å². The summed E-state index contributed by atoms with van der Waals surface area (Å²) in [6.45, 7) is 0.0803. The second-order valence-electron chi connectivity index (χ2n) is 4.45. The fraction of sp³-hybridized carbons (Fsp3) is 0.200. The number of hydrogen-bond donors (Lipinski definition) is 1. The van der Waals surface area contributed by atoms with Gasteiger partial charge in [-0.15, -0.1) is 13.2 Å². The molecule has 0 amide bonds. The van der Waals surface area contributed by atoms with Crippen molar-refractivity contribution in [2.45, 2.75) is 6.36 Å². The third kappa shape index (κ3) is 4.49. The zero-order valence-electron chi connectivity index (χ0n) is 11.7. The Morgan fingerprint density at radius 1 is 1.09 bits per heavy atom. The summed E-state index contributed by atoms with van der Waals surface area (Å²) >= 11 is 5.71. The van der Waals surface area contributed by atoms with Gasteiger partial charge in [0.25, 0.3) is 0 Å². The van der Waals surface area contributed by atoms with Crippen molar-refractivity contribution in [3.05, 3.63) is 47.2 Å². The summed E-state index contributed by atoms with van der Waals surface area (Å²) in [5.41, 5.74) is 5.71. The molecular weight excluding hydrogens is 338 g/mol. The molecule has 0 fully saturated rings. The Morgan fingerprint density at radius 3 is 2.48 bits per heavy atom. The summed E-state index contributed by atoms with van der Waals surface area (Å²) in [5.74, 6) is -1.40. The van der Waals surface area contributed by atoms with Gasteiger partial charge in [-0.25, -0.2) is 4.39 Å². The maximum absolute atomic E-state index is 14.0. The number of alkyl halides is 3. The molecule has 0 heterocycles. The number of halogens is 5. The average molecular weight is 350 g/mol. The minimum atomic E-state index is -4.87. The lowest BCUT2D eigenvalue weighted by atomic mass is 10.0. The third-order valence-electron chi connectivity index (χ3n) is 2.81. The minimum absolute atomic E-state index is 0.0182. The molecule has 3 nitrogen and oxygen atoms in total. The van der Waals surface area contributed by atoms with Gasteiger partial charge in [-0.05, 0) is 23.8 Å². The molecule has 0 aliphatic heterocycles. The summed E-state index contributed by atoms with van der Waals surface area (Å²) < 4.78 is 60.3. The van der Waals surface area contributed by atoms with Gasteiger partial charge in [0, 0.05) is 12.1 Å². The molecule has 2 aromatic rings. The number of benzene rings is 2. The van der Waals surface area contributed by atoms with E-state index in [1.165, 1.54) is 30.3 Å². The van der Waals surface area contributed by atoms with E-state index in [1.807, 2.05) is 0 Å². The van der Waals surface area contributed by atoms with Gasteiger partial charge in [0.2, 0.25) is 0 Å². The third-order valence-corrected chi connectivity index (χ3v) is 3.10. The Morgan fingerprint density at radius 2 is 1.83 bits per heavy atom. The van der Waals surface area contributed by atoms with E-state index in [0.717, 1.165) is 6.07 Å². The Kier molecular flexibility index (Phi) is 5.33. The molecule has 0 aliphatic carbocycles. The van der Waals surface area contributed by atoms with Gasteiger partial charge < -0.3 is 15.2 Å². The normalized spacial score (nSPS) is 11.4. The molecule has 0 radical (unpaired) electrons. The van der Waals surface area contributed by atoms with Crippen LogP contribution in [0.3, 0.4) is 0 Å². The molecule has 0 spiro atoms. The van der Waals surface area contributed by atoms with Crippen LogP contribution >= 0.6 is 11.6 Å². The fourth-order valence-corrected chi connectivity index (χ4v) is 2.07. The van der Waals surface area contributed by atoms with Crippen LogP contribution in [0.4, 0.5) is 17.6 Å². The van der Waals surface area contributed by atoms with Crippen LogP contribution in [0.1, 0.15) is 0 Å². The van der Waals surface area contributed by atoms with Crippen molar-refractivity contribution in [1.82, 2.24) is 0 Å². The number of hydrogen-bond acceptors (Lipinski definition) is 3. The van der Waals surface area contributed by atoms with Gasteiger partial charge in [-0.3, -0.25) is 0 Å². The van der Waals surface area contributed by atoms with E-state index >= 15 is 0 Å². The summed E-state index contributed by atoms with van der Waals surface area (Å²) in [5, 5.41) is -0.0949. The van der Waals surface area contributed by atoms with Crippen molar-refractivity contribution >= 4 is 11.6 Å². The van der Waals surface area contributed by atoms with E-state index in [2.05, 4.69) is 4.74 Å². The van der Waals surface area contributed by atoms with Gasteiger partial charge in [-0.2, -0.15) is 0 Å². The number of rotatable bonds is 5. The molecule has 0 unspecified atom stereocenters. The summed E-state index contributed by atoms with van der Waals surface area (Å²) in [7, 11) is 0. The molecular formula is C15H12ClF4NO2. The minimum Gasteiger partial charge on any atom is -0.488 e. The Labute approximate surface area is 134 Å². The highest BCUT2D eigenvalue weighted by molar-refractivity contribution is 6.31. The maximum Gasteiger partial charge on any atom is 0.573 e. The van der Waals surface area contributed by atoms with Crippen LogP contribution < -0.4 is 15.2 Å². The topological polar surface area (TPSA) is 44.5 Å². The Bertz CT molecular complexity index is 692. The van der Waals surface area contributed by atoms with Crippen LogP contribution in [-0.4, -0.2) is 19.5 Å². The molecule has 0 atom stereocenters. The fourth-order valence-electron chi connectivity index (χ4n) is 1.89. The van der Waals surface area contributed by atoms with E-state index in [1.54, 1.807) is 0 Å². The lowest BCUT2D eigenvalue weighted by Crippen LogP contribution is -2.18. The van der Waals surface area contributed by atoms with E-state index < -0.39 is 17.9 Å². The first-order valence-electron chi connectivity index (χ1n) is 6.49. The van der Waals surface area contributed by atoms with Crippen molar-refractivity contribution in [2.24, 2.45) is 5.73 Å². The second kappa shape index (κ2) is 7.06. The number of ether oxygens (including phenoxy) is 2. The van der Waals surface area contributed by atoms with Crippen LogP contribution in [0, 0.1) is 5.82 Å². The van der Waals surface area contributed by atoms with E-state index in [-0.39, 0.29) is 29.5 Å². The molecule has 23 heavy (non-hydrogen) atoms. The van der Waals surface area contributed by atoms with Crippen LogP contribution in [0.2, 0.25) is 5.02 Å². The summed E-state index contributed by atoms with van der Waals surface area (Å²) in [6, 6.07) is 7.92. The van der Waals surface area contributed by atoms with Gasteiger partial charge in [0.1, 0.15) is 12.4 Å². The molecule has 124 valence electrons. The lowest BCUT2D eigenvalue weighted by molar-refractivity contribution is -0.275. The van der Waals surface area contributed by atoms with Gasteiger partial charge in [-0.1, -0.05) is 29.8 Å². The summed E-state index contributed by atoms with van der Waals surface area (Å²) in [6.07, 6.45) is -4.87. The SMILES string of the molecule is NCCOc1cc(-c2cccc(Cl)c2F)ccc1OC(F)(F)F.